The van der Waals surface area contributed by atoms with Gasteiger partial charge in [-0.2, -0.15) is 4.98 Å². The van der Waals surface area contributed by atoms with Gasteiger partial charge in [0, 0.05) is 37.8 Å². The summed E-state index contributed by atoms with van der Waals surface area (Å²) >= 11 is 0. The minimum absolute atomic E-state index is 0. The molecule has 0 radical (unpaired) electrons. The van der Waals surface area contributed by atoms with Gasteiger partial charge in [0.15, 0.2) is 11.6 Å². The van der Waals surface area contributed by atoms with Crippen LogP contribution in [0.25, 0.3) is 0 Å². The van der Waals surface area contributed by atoms with Crippen molar-refractivity contribution < 1.29 is 176 Å². The third-order valence-corrected chi connectivity index (χ3v) is 6.76. The van der Waals surface area contributed by atoms with Gasteiger partial charge < -0.3 is 43.4 Å². The molecule has 0 N–H and O–H groups in total. The van der Waals surface area contributed by atoms with Gasteiger partial charge in [0.25, 0.3) is 0 Å². The maximum Gasteiger partial charge on any atom is 1.00 e. The smallest absolute Gasteiger partial charge is 0.652 e. The second kappa shape index (κ2) is 18.5. The van der Waals surface area contributed by atoms with Gasteiger partial charge >= 0.3 is 144 Å². The van der Waals surface area contributed by atoms with Crippen LogP contribution in [-0.4, -0.2) is 64.5 Å². The number of hydrogen-bond acceptors (Lipinski definition) is 13. The van der Waals surface area contributed by atoms with Crippen molar-refractivity contribution in [2.24, 2.45) is 0 Å². The van der Waals surface area contributed by atoms with E-state index in [0.29, 0.717) is 36.7 Å². The maximum atomic E-state index is 8.33. The monoisotopic (exact) mass is 835 g/mol. The van der Waals surface area contributed by atoms with Crippen molar-refractivity contribution in [1.82, 2.24) is 20.1 Å². The summed E-state index contributed by atoms with van der Waals surface area (Å²) in [7, 11) is 0. The number of ether oxygens (including phenoxy) is 4. The first-order valence-electron chi connectivity index (χ1n) is 13.5. The molecule has 15 heteroatoms. The summed E-state index contributed by atoms with van der Waals surface area (Å²) in [4.78, 5) is 23.6. The fraction of sp³-hybridized carbons (Fsp3) is 0.536. The van der Waals surface area contributed by atoms with E-state index in [0.717, 1.165) is 42.9 Å². The van der Waals surface area contributed by atoms with Crippen LogP contribution in [0.5, 0.6) is 17.5 Å². The summed E-state index contributed by atoms with van der Waals surface area (Å²) in [5, 5.41) is 20.7. The number of aromatic nitrogens is 4. The topological polar surface area (TPSA) is 168 Å². The Hall–Kier alpha value is 0.134. The molecule has 13 nitrogen and oxygen atoms in total. The molecule has 1 aromatic carbocycles. The summed E-state index contributed by atoms with van der Waals surface area (Å²) in [5.74, 6) is 2.37. The fourth-order valence-corrected chi connectivity index (χ4v) is 4.36. The van der Waals surface area contributed by atoms with E-state index in [2.05, 4.69) is 38.9 Å². The Morgan fingerprint density at radius 2 is 1.60 bits per heavy atom. The number of anilines is 1. The molecule has 0 atom stereocenters. The summed E-state index contributed by atoms with van der Waals surface area (Å²) in [6.45, 7) is 12.7. The van der Waals surface area contributed by atoms with E-state index in [4.69, 9.17) is 38.5 Å². The van der Waals surface area contributed by atoms with Crippen LogP contribution in [0.4, 0.5) is 10.8 Å². The van der Waals surface area contributed by atoms with Gasteiger partial charge in [0.1, 0.15) is 18.2 Å². The van der Waals surface area contributed by atoms with Crippen molar-refractivity contribution in [3.8, 4) is 17.5 Å². The van der Waals surface area contributed by atoms with Crippen LogP contribution < -0.4 is 162 Å². The van der Waals surface area contributed by atoms with Gasteiger partial charge in [-0.1, -0.05) is 31.1 Å². The summed E-state index contributed by atoms with van der Waals surface area (Å²) in [6.07, 6.45) is 0.832. The number of carbonyl (C=O) groups is 1. The fourth-order valence-electron chi connectivity index (χ4n) is 4.36. The number of benzene rings is 1. The van der Waals surface area contributed by atoms with E-state index >= 15 is 0 Å². The molecule has 2 saturated heterocycles. The van der Waals surface area contributed by atoms with E-state index in [9.17, 15) is 0 Å². The number of carbonyl (C=O) groups excluding carboxylic acids is 1. The second-order valence-electron chi connectivity index (χ2n) is 10.6. The van der Waals surface area contributed by atoms with Crippen molar-refractivity contribution in [2.45, 2.75) is 71.2 Å². The average molecular weight is 835 g/mol. The molecular formula is C28H35Cs2N5O8. The molecule has 0 bridgehead atoms. The Morgan fingerprint density at radius 3 is 2.16 bits per heavy atom. The average Bonchev–Trinajstić information content (AvgIpc) is 3.43. The van der Waals surface area contributed by atoms with Crippen molar-refractivity contribution in [1.29, 1.82) is 0 Å². The van der Waals surface area contributed by atoms with Crippen LogP contribution in [0.15, 0.2) is 35.1 Å². The zero-order valence-corrected chi connectivity index (χ0v) is 38.4. The normalized spacial score (nSPS) is 16.7. The van der Waals surface area contributed by atoms with Crippen molar-refractivity contribution in [3.63, 3.8) is 0 Å². The molecule has 2 aromatic heterocycles. The maximum absolute atomic E-state index is 8.33. The first kappa shape index (κ1) is 39.3. The summed E-state index contributed by atoms with van der Waals surface area (Å²) < 4.78 is 29.4. The van der Waals surface area contributed by atoms with Crippen LogP contribution in [0.3, 0.4) is 0 Å². The van der Waals surface area contributed by atoms with Crippen molar-refractivity contribution in [2.75, 3.05) is 31.2 Å². The molecule has 0 aliphatic carbocycles. The van der Waals surface area contributed by atoms with E-state index in [1.807, 2.05) is 45.0 Å². The van der Waals surface area contributed by atoms with Crippen molar-refractivity contribution >= 4 is 12.2 Å². The molecule has 43 heavy (non-hydrogen) atoms. The van der Waals surface area contributed by atoms with Crippen LogP contribution >= 0.6 is 0 Å². The molecular weight excluding hydrogens is 800 g/mol. The Kier molecular flexibility index (Phi) is 16.9. The van der Waals surface area contributed by atoms with E-state index in [-0.39, 0.29) is 156 Å². The van der Waals surface area contributed by atoms with Gasteiger partial charge in [0.2, 0.25) is 11.8 Å². The van der Waals surface area contributed by atoms with Gasteiger partial charge in [-0.3, -0.25) is 0 Å². The molecule has 2 aliphatic rings. The van der Waals surface area contributed by atoms with E-state index < -0.39 is 11.9 Å². The predicted octanol–water partition coefficient (Wildman–Crippen LogP) is -3.44. The van der Waals surface area contributed by atoms with E-state index in [1.54, 1.807) is 0 Å². The molecule has 0 saturated carbocycles. The quantitative estimate of drug-likeness (QED) is 0.231. The molecule has 5 rings (SSSR count). The molecule has 3 aromatic rings. The van der Waals surface area contributed by atoms with Gasteiger partial charge in [-0.05, 0) is 44.6 Å². The number of carboxylic acid groups (broad SMARTS) is 2. The van der Waals surface area contributed by atoms with Gasteiger partial charge in [-0.15, -0.1) is 0 Å². The minimum atomic E-state index is -2.33. The molecule has 0 amide bonds. The van der Waals surface area contributed by atoms with Crippen LogP contribution in [0.1, 0.15) is 69.3 Å². The molecule has 2 fully saturated rings. The summed E-state index contributed by atoms with van der Waals surface area (Å²) in [6, 6.07) is 8.54. The van der Waals surface area contributed by atoms with Gasteiger partial charge in [0.05, 0.1) is 18.8 Å². The third-order valence-electron chi connectivity index (χ3n) is 6.76. The van der Waals surface area contributed by atoms with Gasteiger partial charge in [-0.25, -0.2) is 9.97 Å². The van der Waals surface area contributed by atoms with Crippen molar-refractivity contribution in [3.05, 3.63) is 47.5 Å². The number of piperidine rings is 1. The van der Waals surface area contributed by atoms with E-state index in [1.165, 1.54) is 6.33 Å². The molecule has 4 heterocycles. The number of rotatable bonds is 7. The zero-order chi connectivity index (χ0) is 29.6. The Morgan fingerprint density at radius 1 is 1.02 bits per heavy atom. The summed E-state index contributed by atoms with van der Waals surface area (Å²) in [5.41, 5.74) is 1.92. The Labute approximate surface area is 369 Å². The van der Waals surface area contributed by atoms with Crippen LogP contribution in [0, 0.1) is 6.92 Å². The Balaban J connectivity index is 0.00000101. The molecule has 0 spiro atoms. The predicted molar refractivity (Wildman–Crippen MR) is 142 cm³/mol. The molecule has 222 valence electrons. The minimum Gasteiger partial charge on any atom is -0.652 e. The number of hydrogen-bond donors (Lipinski definition) is 0. The largest absolute Gasteiger partial charge is 1.00 e. The number of nitrogens with zero attached hydrogens (tertiary/aromatic N) is 5. The Bertz CT molecular complexity index is 1290. The SMILES string of the molecule is Cc1c(Oc2ccc(C3COC(C)(C)OC3)cc2)ncnc1OC1CCN(c2nc(C(C)C)no2)CC1.O=C([O-])[O-].[Cs+].[Cs+]. The zero-order valence-electron chi connectivity index (χ0n) is 25.9. The first-order chi connectivity index (χ1) is 19.5. The first-order valence-corrected chi connectivity index (χ1v) is 13.5. The molecule has 2 aliphatic heterocycles. The third kappa shape index (κ3) is 12.0. The molecule has 0 unspecified atom stereocenters. The van der Waals surface area contributed by atoms with Crippen LogP contribution in [-0.2, 0) is 9.47 Å². The standard InChI is InChI=1S/C27H35N5O5.CH2O3.2Cs/c1-17(2)23-30-26(37-31-23)32-12-10-22(11-13-32)36-25-18(3)24(28-16-29-25)35-21-8-6-19(7-9-21)20-14-33-27(4,5)34-15-20;2-1(3)4;;/h6-9,16-17,20,22H,10-15H2,1-5H3;(H2,2,3,4);;/q;;2*+1/p-2. The van der Waals surface area contributed by atoms with Crippen LogP contribution in [0.2, 0.25) is 0 Å². The second-order valence-corrected chi connectivity index (χ2v) is 10.6.